The van der Waals surface area contributed by atoms with Crippen molar-refractivity contribution in [3.05, 3.63) is 103 Å². The normalized spacial score (nSPS) is 9.65. The van der Waals surface area contributed by atoms with Crippen LogP contribution < -0.4 is 0 Å². The molecule has 3 N–H and O–H groups in total. The summed E-state index contributed by atoms with van der Waals surface area (Å²) in [6.07, 6.45) is 0. The summed E-state index contributed by atoms with van der Waals surface area (Å²) in [4.78, 5) is 32.3. The van der Waals surface area contributed by atoms with E-state index < -0.39 is 17.9 Å². The third-order valence-corrected chi connectivity index (χ3v) is 5.67. The predicted molar refractivity (Wildman–Crippen MR) is 143 cm³/mol. The number of hydrogen-bond acceptors (Lipinski definition) is 3. The van der Waals surface area contributed by atoms with Crippen molar-refractivity contribution in [2.75, 3.05) is 0 Å². The maximum Gasteiger partial charge on any atom is 0.336 e. The maximum atomic E-state index is 10.8. The second kappa shape index (κ2) is 15.0. The third-order valence-electron chi connectivity index (χ3n) is 5.67. The zero-order valence-electron chi connectivity index (χ0n) is 23.0. The van der Waals surface area contributed by atoms with Crippen LogP contribution in [0.3, 0.4) is 0 Å². The van der Waals surface area contributed by atoms with Gasteiger partial charge in [-0.3, -0.25) is 0 Å². The van der Waals surface area contributed by atoms with Crippen molar-refractivity contribution >= 4 is 17.9 Å². The fourth-order valence-corrected chi connectivity index (χ4v) is 4.55. The number of rotatable bonds is 3. The Morgan fingerprint density at radius 1 is 0.405 bits per heavy atom. The summed E-state index contributed by atoms with van der Waals surface area (Å²) >= 11 is 0. The second-order valence-electron chi connectivity index (χ2n) is 9.24. The number of carboxylic acid groups (broad SMARTS) is 3. The van der Waals surface area contributed by atoms with E-state index in [0.717, 1.165) is 50.1 Å². The number of carbonyl (C=O) groups is 3. The second-order valence-corrected chi connectivity index (χ2v) is 9.24. The molecule has 0 aliphatic heterocycles. The third kappa shape index (κ3) is 9.99. The molecule has 0 unspecified atom stereocenters. The quantitative estimate of drug-likeness (QED) is 0.270. The zero-order valence-corrected chi connectivity index (χ0v) is 27.1. The van der Waals surface area contributed by atoms with Crippen molar-refractivity contribution in [1.29, 1.82) is 0 Å². The number of hydrogen-bond donors (Lipinski definition) is 3. The van der Waals surface area contributed by atoms with Gasteiger partial charge in [0.15, 0.2) is 0 Å². The van der Waals surface area contributed by atoms with Gasteiger partial charge in [-0.05, 0) is 95.7 Å². The minimum atomic E-state index is -0.843. The zero-order chi connectivity index (χ0) is 27.9. The first-order valence-electron chi connectivity index (χ1n) is 11.5. The first-order chi connectivity index (χ1) is 16.6. The summed E-state index contributed by atoms with van der Waals surface area (Å²) < 4.78 is 0. The van der Waals surface area contributed by atoms with Gasteiger partial charge in [0, 0.05) is 39.9 Å². The van der Waals surface area contributed by atoms with Crippen molar-refractivity contribution in [3.8, 4) is 0 Å². The van der Waals surface area contributed by atoms with Crippen molar-refractivity contribution in [1.82, 2.24) is 0 Å². The van der Waals surface area contributed by atoms with Crippen molar-refractivity contribution < 1.29 is 69.6 Å². The van der Waals surface area contributed by atoms with Crippen LogP contribution in [0.4, 0.5) is 0 Å². The first kappa shape index (κ1) is 34.4. The molecule has 0 aliphatic carbocycles. The van der Waals surface area contributed by atoms with Crippen LogP contribution in [0, 0.1) is 102 Å². The number of aryl methyl sites for hydroxylation is 9. The summed E-state index contributed by atoms with van der Waals surface area (Å²) in [5.74, 6) is -2.53. The van der Waals surface area contributed by atoms with Gasteiger partial charge in [0.1, 0.15) is 0 Å². The Bertz CT molecular complexity index is 1080. The summed E-state index contributed by atoms with van der Waals surface area (Å²) in [7, 11) is 0. The average molecular weight is 725 g/mol. The summed E-state index contributed by atoms with van der Waals surface area (Å²) in [5.41, 5.74) is 9.61. The van der Waals surface area contributed by atoms with Crippen LogP contribution in [0.1, 0.15) is 81.1 Å². The molecule has 0 bridgehead atoms. The topological polar surface area (TPSA) is 112 Å². The van der Waals surface area contributed by atoms with E-state index in [-0.39, 0.29) is 39.9 Å². The molecule has 0 saturated carbocycles. The standard InChI is InChI=1S/3C10H12O2.Th/c3*1-6-4-7(2)9(10(11)12)8(3)5-6;/h3*4-5H,1-3H3,(H,11,12);. The number of carboxylic acids is 3. The van der Waals surface area contributed by atoms with Crippen molar-refractivity contribution in [2.45, 2.75) is 62.3 Å². The van der Waals surface area contributed by atoms with Gasteiger partial charge in [-0.1, -0.05) is 53.1 Å². The van der Waals surface area contributed by atoms with Gasteiger partial charge in [-0.15, -0.1) is 0 Å². The molecule has 0 radical (unpaired) electrons. The minimum absolute atomic E-state index is 0. The van der Waals surface area contributed by atoms with E-state index in [4.69, 9.17) is 15.3 Å². The monoisotopic (exact) mass is 724 g/mol. The molecule has 196 valence electrons. The Balaban J connectivity index is 0.000000518. The SMILES string of the molecule is Cc1cc(C)c(C(=O)O)c(C)c1.Cc1cc(C)c(C(=O)O)c(C)c1.Cc1cc(C)c(C(=O)O)c(C)c1.[Th]. The fraction of sp³-hybridized carbons (Fsp3) is 0.300. The molecule has 3 rings (SSSR count). The summed E-state index contributed by atoms with van der Waals surface area (Å²) in [5, 5.41) is 26.5. The van der Waals surface area contributed by atoms with Crippen LogP contribution in [0.2, 0.25) is 0 Å². The van der Waals surface area contributed by atoms with Crippen LogP contribution >= 0.6 is 0 Å². The smallest absolute Gasteiger partial charge is 0.336 e. The summed E-state index contributed by atoms with van der Waals surface area (Å²) in [6.45, 7) is 16.8. The van der Waals surface area contributed by atoms with E-state index in [1.54, 1.807) is 0 Å². The first-order valence-corrected chi connectivity index (χ1v) is 11.5. The Kier molecular flexibility index (Phi) is 13.9. The van der Waals surface area contributed by atoms with Gasteiger partial charge in [0.2, 0.25) is 0 Å². The Labute approximate surface area is 251 Å². The molecule has 0 aliphatic rings. The molecule has 0 amide bonds. The van der Waals surface area contributed by atoms with Crippen LogP contribution in [-0.2, 0) is 0 Å². The Hall–Kier alpha value is -2.61. The molecular formula is C30H36O6Th. The van der Waals surface area contributed by atoms with E-state index in [2.05, 4.69) is 0 Å². The minimum Gasteiger partial charge on any atom is -0.478 e. The molecule has 3 aromatic carbocycles. The van der Waals surface area contributed by atoms with Crippen LogP contribution in [-0.4, -0.2) is 33.2 Å². The largest absolute Gasteiger partial charge is 0.478 e. The van der Waals surface area contributed by atoms with Crippen molar-refractivity contribution in [2.24, 2.45) is 0 Å². The molecule has 6 nitrogen and oxygen atoms in total. The molecule has 7 heteroatoms. The molecule has 0 atom stereocenters. The van der Waals surface area contributed by atoms with E-state index in [1.165, 1.54) is 0 Å². The molecule has 0 aromatic heterocycles. The van der Waals surface area contributed by atoms with Gasteiger partial charge in [-0.25, -0.2) is 14.4 Å². The molecule has 3 aromatic rings. The van der Waals surface area contributed by atoms with Crippen molar-refractivity contribution in [3.63, 3.8) is 0 Å². The van der Waals surface area contributed by atoms with Gasteiger partial charge < -0.3 is 15.3 Å². The molecular weight excluding hydrogens is 688 g/mol. The van der Waals surface area contributed by atoms with E-state index >= 15 is 0 Å². The fourth-order valence-electron chi connectivity index (χ4n) is 4.55. The Morgan fingerprint density at radius 3 is 0.649 bits per heavy atom. The Morgan fingerprint density at radius 2 is 0.541 bits per heavy atom. The van der Waals surface area contributed by atoms with Crippen LogP contribution in [0.5, 0.6) is 0 Å². The molecule has 0 saturated heterocycles. The van der Waals surface area contributed by atoms with E-state index in [0.29, 0.717) is 16.7 Å². The average Bonchev–Trinajstić information content (AvgIpc) is 2.65. The van der Waals surface area contributed by atoms with E-state index in [1.807, 2.05) is 98.7 Å². The predicted octanol–water partition coefficient (Wildman–Crippen LogP) is 6.93. The molecule has 0 fully saturated rings. The van der Waals surface area contributed by atoms with Crippen LogP contribution in [0.15, 0.2) is 36.4 Å². The summed E-state index contributed by atoms with van der Waals surface area (Å²) in [6, 6.07) is 11.3. The molecule has 37 heavy (non-hydrogen) atoms. The van der Waals surface area contributed by atoms with Gasteiger partial charge in [0.05, 0.1) is 16.7 Å². The van der Waals surface area contributed by atoms with Gasteiger partial charge in [-0.2, -0.15) is 0 Å². The van der Waals surface area contributed by atoms with Crippen LogP contribution in [0.25, 0.3) is 0 Å². The molecule has 0 spiro atoms. The maximum absolute atomic E-state index is 10.8. The van der Waals surface area contributed by atoms with Gasteiger partial charge >= 0.3 is 17.9 Å². The van der Waals surface area contributed by atoms with Gasteiger partial charge in [0.25, 0.3) is 0 Å². The number of benzene rings is 3. The molecule has 0 heterocycles. The number of aromatic carboxylic acids is 3. The van der Waals surface area contributed by atoms with E-state index in [9.17, 15) is 14.4 Å².